The van der Waals surface area contributed by atoms with E-state index in [0.29, 0.717) is 0 Å². The van der Waals surface area contributed by atoms with E-state index >= 15 is 0 Å². The molecule has 0 radical (unpaired) electrons. The molecule has 0 spiro atoms. The summed E-state index contributed by atoms with van der Waals surface area (Å²) in [6.07, 6.45) is -11.9. The van der Waals surface area contributed by atoms with Crippen LogP contribution < -0.4 is 0 Å². The molecular formula is C50H44Cl3NO16. The van der Waals surface area contributed by atoms with Gasteiger partial charge in [-0.1, -0.05) is 126 Å². The summed E-state index contributed by atoms with van der Waals surface area (Å²) in [7, 11) is 0. The largest absolute Gasteiger partial charge is 0.463 e. The van der Waals surface area contributed by atoms with E-state index in [1.807, 2.05) is 0 Å². The third-order valence-electron chi connectivity index (χ3n) is 9.87. The standard InChI is InChI=1S/C50H44Cl3NO16/c1-31(55)61-27-37(28-62-39(67-49(54)50(51,52)53)30-64-44(57)33-19-9-3-10-20-33)65-48-42(70-47(60)36-25-15-6-16-26-36)41(69-46(59)35-23-13-5-14-24-35)40(68-45(58)34-21-11-4-12-22-34)38(66-48)29-63-43(56)32-17-7-2-8-18-32/h2-26,37-42,48,54H,27-30H2,1H3/t37-,38?,39-,40-,41?,42?,48+/m0/s1. The van der Waals surface area contributed by atoms with Gasteiger partial charge in [0.15, 0.2) is 31.2 Å². The van der Waals surface area contributed by atoms with Crippen molar-refractivity contribution in [2.45, 2.75) is 53.8 Å². The summed E-state index contributed by atoms with van der Waals surface area (Å²) < 4.78 is 56.5. The van der Waals surface area contributed by atoms with Gasteiger partial charge >= 0.3 is 35.8 Å². The summed E-state index contributed by atoms with van der Waals surface area (Å²) in [6.45, 7) is -1.51. The van der Waals surface area contributed by atoms with Gasteiger partial charge in [-0.05, 0) is 60.7 Å². The molecule has 1 fully saturated rings. The van der Waals surface area contributed by atoms with Crippen LogP contribution in [0.5, 0.6) is 0 Å². The Kier molecular flexibility index (Phi) is 19.3. The summed E-state index contributed by atoms with van der Waals surface area (Å²) in [6, 6.07) is 39.0. The van der Waals surface area contributed by atoms with Crippen LogP contribution in [-0.2, 0) is 52.2 Å². The van der Waals surface area contributed by atoms with Crippen molar-refractivity contribution in [3.05, 3.63) is 179 Å². The summed E-state index contributed by atoms with van der Waals surface area (Å²) in [4.78, 5) is 80.6. The first-order chi connectivity index (χ1) is 33.7. The van der Waals surface area contributed by atoms with Gasteiger partial charge in [-0.2, -0.15) is 0 Å². The van der Waals surface area contributed by atoms with Crippen molar-refractivity contribution in [2.75, 3.05) is 26.4 Å². The average molecular weight is 1020 g/mol. The maximum Gasteiger partial charge on any atom is 0.338 e. The predicted molar refractivity (Wildman–Crippen MR) is 249 cm³/mol. The molecule has 0 saturated carbocycles. The maximum atomic E-state index is 14.1. The predicted octanol–water partition coefficient (Wildman–Crippen LogP) is 7.76. The Balaban J connectivity index is 1.39. The quantitative estimate of drug-likeness (QED) is 0.0197. The van der Waals surface area contributed by atoms with Gasteiger partial charge in [0.25, 0.3) is 3.79 Å². The Bertz CT molecular complexity index is 2540. The van der Waals surface area contributed by atoms with Crippen molar-refractivity contribution < 1.29 is 76.1 Å². The monoisotopic (exact) mass is 1020 g/mol. The summed E-state index contributed by atoms with van der Waals surface area (Å²) in [5.41, 5.74) is 0.462. The lowest BCUT2D eigenvalue weighted by molar-refractivity contribution is -0.315. The van der Waals surface area contributed by atoms with Gasteiger partial charge in [0.1, 0.15) is 25.4 Å². The van der Waals surface area contributed by atoms with E-state index in [0.717, 1.165) is 6.92 Å². The fourth-order valence-corrected chi connectivity index (χ4v) is 6.63. The molecule has 70 heavy (non-hydrogen) atoms. The lowest BCUT2D eigenvalue weighted by atomic mass is 9.97. The zero-order chi connectivity index (χ0) is 50.0. The fourth-order valence-electron chi connectivity index (χ4n) is 6.49. The fraction of sp³-hybridized carbons (Fsp3) is 0.260. The minimum absolute atomic E-state index is 0.0346. The number of carbonyl (C=O) groups is 6. The third-order valence-corrected chi connectivity index (χ3v) is 10.4. The molecule has 366 valence electrons. The number of nitrogens with one attached hydrogen (secondary N) is 1. The molecule has 0 bridgehead atoms. The van der Waals surface area contributed by atoms with Crippen LogP contribution in [-0.4, -0.2) is 115 Å². The second-order valence-electron chi connectivity index (χ2n) is 14.9. The van der Waals surface area contributed by atoms with Crippen LogP contribution in [0, 0.1) is 5.41 Å². The number of halogens is 3. The van der Waals surface area contributed by atoms with E-state index < -0.39 is 115 Å². The zero-order valence-electron chi connectivity index (χ0n) is 37.0. The van der Waals surface area contributed by atoms with Gasteiger partial charge in [0.05, 0.1) is 34.4 Å². The Morgan fingerprint density at radius 1 is 0.529 bits per heavy atom. The van der Waals surface area contributed by atoms with Crippen LogP contribution >= 0.6 is 34.8 Å². The van der Waals surface area contributed by atoms with Crippen LogP contribution in [0.3, 0.4) is 0 Å². The number of hydrogen-bond acceptors (Lipinski definition) is 17. The van der Waals surface area contributed by atoms with Gasteiger partial charge in [0.2, 0.25) is 12.2 Å². The van der Waals surface area contributed by atoms with Crippen molar-refractivity contribution >= 4 is 76.5 Å². The molecule has 17 nitrogen and oxygen atoms in total. The molecule has 1 saturated heterocycles. The lowest BCUT2D eigenvalue weighted by Crippen LogP contribution is -2.63. The smallest absolute Gasteiger partial charge is 0.338 e. The summed E-state index contributed by atoms with van der Waals surface area (Å²) in [5.74, 6) is -6.19. The molecule has 1 aliphatic heterocycles. The number of alkyl halides is 3. The van der Waals surface area contributed by atoms with Crippen molar-refractivity contribution in [3.63, 3.8) is 0 Å². The molecule has 7 atom stereocenters. The topological polar surface area (TPSA) is 219 Å². The first kappa shape index (κ1) is 52.5. The third kappa shape index (κ3) is 15.6. The van der Waals surface area contributed by atoms with Gasteiger partial charge < -0.3 is 47.4 Å². The van der Waals surface area contributed by atoms with Crippen LogP contribution in [0.4, 0.5) is 0 Å². The van der Waals surface area contributed by atoms with Crippen LogP contribution in [0.25, 0.3) is 0 Å². The van der Waals surface area contributed by atoms with Gasteiger partial charge in [-0.25, -0.2) is 24.0 Å². The highest BCUT2D eigenvalue weighted by Gasteiger charge is 2.54. The maximum absolute atomic E-state index is 14.1. The summed E-state index contributed by atoms with van der Waals surface area (Å²) in [5, 5.41) is 8.20. The minimum Gasteiger partial charge on any atom is -0.463 e. The first-order valence-corrected chi connectivity index (χ1v) is 22.4. The Morgan fingerprint density at radius 3 is 1.36 bits per heavy atom. The number of ether oxygens (including phenoxy) is 10. The van der Waals surface area contributed by atoms with Gasteiger partial charge in [-0.3, -0.25) is 10.2 Å². The highest BCUT2D eigenvalue weighted by Crippen LogP contribution is 2.33. The molecule has 0 aromatic heterocycles. The lowest BCUT2D eigenvalue weighted by Gasteiger charge is -2.45. The van der Waals surface area contributed by atoms with Crippen molar-refractivity contribution in [1.82, 2.24) is 0 Å². The summed E-state index contributed by atoms with van der Waals surface area (Å²) >= 11 is 17.7. The average Bonchev–Trinajstić information content (AvgIpc) is 3.37. The molecule has 5 aromatic rings. The van der Waals surface area contributed by atoms with E-state index in [1.54, 1.807) is 91.0 Å². The number of benzene rings is 5. The normalized spacial score (nSPS) is 18.4. The molecular weight excluding hydrogens is 977 g/mol. The first-order valence-electron chi connectivity index (χ1n) is 21.3. The van der Waals surface area contributed by atoms with Crippen LogP contribution in [0.15, 0.2) is 152 Å². The number of rotatable bonds is 20. The van der Waals surface area contributed by atoms with Gasteiger partial charge in [0, 0.05) is 6.92 Å². The molecule has 1 N–H and O–H groups in total. The molecule has 6 rings (SSSR count). The van der Waals surface area contributed by atoms with Crippen molar-refractivity contribution in [3.8, 4) is 0 Å². The van der Waals surface area contributed by atoms with Crippen molar-refractivity contribution in [1.29, 1.82) is 5.41 Å². The van der Waals surface area contributed by atoms with Gasteiger partial charge in [-0.15, -0.1) is 0 Å². The minimum atomic E-state index is -2.39. The Hall–Kier alpha value is -6.86. The van der Waals surface area contributed by atoms with E-state index in [-0.39, 0.29) is 27.8 Å². The molecule has 0 aliphatic carbocycles. The molecule has 20 heteroatoms. The number of hydrogen-bond donors (Lipinski definition) is 1. The van der Waals surface area contributed by atoms with Crippen LogP contribution in [0.1, 0.15) is 58.7 Å². The molecule has 3 unspecified atom stereocenters. The van der Waals surface area contributed by atoms with Crippen LogP contribution in [0.2, 0.25) is 0 Å². The molecule has 5 aromatic carbocycles. The SMILES string of the molecule is CC(=O)OC[C@@H](CO[C@H](COC(=O)c1ccccc1)OC(=N)C(Cl)(Cl)Cl)O[C@@H]1OC(COC(=O)c2ccccc2)[C@H](OC(=O)c2ccccc2)C(OC(=O)c2ccccc2)C1OC(=O)c1ccccc1. The number of esters is 6. The molecule has 1 heterocycles. The highest BCUT2D eigenvalue weighted by molar-refractivity contribution is 6.76. The highest BCUT2D eigenvalue weighted by atomic mass is 35.6. The molecule has 1 aliphatic rings. The zero-order valence-corrected chi connectivity index (χ0v) is 39.2. The van der Waals surface area contributed by atoms with Crippen molar-refractivity contribution in [2.24, 2.45) is 0 Å². The van der Waals surface area contributed by atoms with E-state index in [4.69, 9.17) is 87.6 Å². The second-order valence-corrected chi connectivity index (χ2v) is 17.2. The molecule has 0 amide bonds. The number of carbonyl (C=O) groups excluding carboxylic acids is 6. The van der Waals surface area contributed by atoms with E-state index in [9.17, 15) is 28.8 Å². The second kappa shape index (κ2) is 25.7. The Labute approximate surface area is 416 Å². The van der Waals surface area contributed by atoms with E-state index in [1.165, 1.54) is 60.7 Å². The Morgan fingerprint density at radius 2 is 0.929 bits per heavy atom. The van der Waals surface area contributed by atoms with E-state index in [2.05, 4.69) is 0 Å².